The van der Waals surface area contributed by atoms with Crippen molar-refractivity contribution in [1.29, 1.82) is 0 Å². The number of aliphatic hydroxyl groups is 2. The first kappa shape index (κ1) is 13.9. The van der Waals surface area contributed by atoms with Crippen LogP contribution in [0, 0.1) is 5.92 Å². The topological polar surface area (TPSA) is 40.5 Å². The molecule has 1 atom stereocenters. The first-order valence-electron chi connectivity index (χ1n) is 6.06. The van der Waals surface area contributed by atoms with Crippen LogP contribution in [0.15, 0.2) is 0 Å². The third-order valence-electron chi connectivity index (χ3n) is 2.76. The average Bonchev–Trinajstić information content (AvgIpc) is 2.21. The molecular weight excluding hydrogens is 176 g/mol. The Bertz CT molecular complexity index is 104. The van der Waals surface area contributed by atoms with Gasteiger partial charge in [0.1, 0.15) is 0 Å². The number of unbranched alkanes of at least 4 members (excludes halogenated alkanes) is 5. The Morgan fingerprint density at radius 2 is 1.50 bits per heavy atom. The van der Waals surface area contributed by atoms with Crippen LogP contribution in [0.3, 0.4) is 0 Å². The number of aliphatic hydroxyl groups excluding tert-OH is 2. The van der Waals surface area contributed by atoms with Crippen molar-refractivity contribution in [3.8, 4) is 0 Å². The normalized spacial score (nSPS) is 13.1. The molecule has 2 nitrogen and oxygen atoms in total. The molecule has 2 N–H and O–H groups in total. The Morgan fingerprint density at radius 1 is 0.857 bits per heavy atom. The summed E-state index contributed by atoms with van der Waals surface area (Å²) in [5.74, 6) is 0.325. The van der Waals surface area contributed by atoms with E-state index in [1.165, 1.54) is 38.5 Å². The van der Waals surface area contributed by atoms with Gasteiger partial charge in [0, 0.05) is 13.2 Å². The monoisotopic (exact) mass is 202 g/mol. The fraction of sp³-hybridized carbons (Fsp3) is 1.00. The van der Waals surface area contributed by atoms with Gasteiger partial charge in [0.2, 0.25) is 0 Å². The predicted molar refractivity (Wildman–Crippen MR) is 60.3 cm³/mol. The highest BCUT2D eigenvalue weighted by Crippen LogP contribution is 2.14. The van der Waals surface area contributed by atoms with Crippen molar-refractivity contribution >= 4 is 0 Å². The minimum Gasteiger partial charge on any atom is -0.396 e. The second-order valence-electron chi connectivity index (χ2n) is 4.12. The molecule has 0 aromatic carbocycles. The maximum Gasteiger partial charge on any atom is 0.0460 e. The van der Waals surface area contributed by atoms with E-state index in [4.69, 9.17) is 10.2 Å². The maximum absolute atomic E-state index is 8.99. The zero-order valence-corrected chi connectivity index (χ0v) is 9.54. The third-order valence-corrected chi connectivity index (χ3v) is 2.76. The molecule has 86 valence electrons. The van der Waals surface area contributed by atoms with Crippen LogP contribution in [-0.2, 0) is 0 Å². The fourth-order valence-electron chi connectivity index (χ4n) is 1.72. The van der Waals surface area contributed by atoms with Crippen molar-refractivity contribution in [3.05, 3.63) is 0 Å². The number of hydrogen-bond donors (Lipinski definition) is 2. The maximum atomic E-state index is 8.99. The molecular formula is C12H26O2. The summed E-state index contributed by atoms with van der Waals surface area (Å²) in [6.45, 7) is 2.67. The average molecular weight is 202 g/mol. The molecule has 0 heterocycles. The van der Waals surface area contributed by atoms with Gasteiger partial charge in [0.25, 0.3) is 0 Å². The van der Waals surface area contributed by atoms with Crippen LogP contribution in [0.4, 0.5) is 0 Å². The lowest BCUT2D eigenvalue weighted by atomic mass is 9.98. The van der Waals surface area contributed by atoms with Gasteiger partial charge in [-0.25, -0.2) is 0 Å². The van der Waals surface area contributed by atoms with Gasteiger partial charge in [-0.05, 0) is 18.8 Å². The lowest BCUT2D eigenvalue weighted by Crippen LogP contribution is -2.07. The molecule has 0 aliphatic rings. The van der Waals surface area contributed by atoms with Crippen molar-refractivity contribution in [1.82, 2.24) is 0 Å². The van der Waals surface area contributed by atoms with E-state index >= 15 is 0 Å². The van der Waals surface area contributed by atoms with Crippen molar-refractivity contribution in [2.24, 2.45) is 5.92 Å². The lowest BCUT2D eigenvalue weighted by Gasteiger charge is -2.11. The van der Waals surface area contributed by atoms with Crippen LogP contribution >= 0.6 is 0 Å². The summed E-state index contributed by atoms with van der Waals surface area (Å²) in [6, 6.07) is 0. The van der Waals surface area contributed by atoms with E-state index in [9.17, 15) is 0 Å². The van der Waals surface area contributed by atoms with Crippen LogP contribution in [-0.4, -0.2) is 23.4 Å². The summed E-state index contributed by atoms with van der Waals surface area (Å²) in [7, 11) is 0. The predicted octanol–water partition coefficient (Wildman–Crippen LogP) is 2.73. The number of rotatable bonds is 10. The first-order chi connectivity index (χ1) is 6.85. The van der Waals surface area contributed by atoms with E-state index in [0.29, 0.717) is 5.92 Å². The molecule has 0 rings (SSSR count). The van der Waals surface area contributed by atoms with Crippen molar-refractivity contribution in [3.63, 3.8) is 0 Å². The van der Waals surface area contributed by atoms with Gasteiger partial charge in [-0.2, -0.15) is 0 Å². The Morgan fingerprint density at radius 3 is 2.07 bits per heavy atom. The molecule has 0 fully saturated rings. The standard InChI is InChI=1S/C12H26O2/c1-2-3-4-5-6-7-8-12(11-14)9-10-13/h12-14H,2-11H2,1H3. The van der Waals surface area contributed by atoms with Crippen LogP contribution in [0.5, 0.6) is 0 Å². The van der Waals surface area contributed by atoms with Crippen LogP contribution in [0.1, 0.15) is 58.3 Å². The second kappa shape index (κ2) is 11.0. The lowest BCUT2D eigenvalue weighted by molar-refractivity contribution is 0.174. The minimum atomic E-state index is 0.209. The first-order valence-corrected chi connectivity index (χ1v) is 6.06. The molecule has 2 heteroatoms. The second-order valence-corrected chi connectivity index (χ2v) is 4.12. The summed E-state index contributed by atoms with van der Waals surface area (Å²) < 4.78 is 0. The molecule has 0 saturated carbocycles. The molecule has 0 aliphatic heterocycles. The molecule has 0 amide bonds. The fourth-order valence-corrected chi connectivity index (χ4v) is 1.72. The van der Waals surface area contributed by atoms with E-state index in [2.05, 4.69) is 6.92 Å². The quantitative estimate of drug-likeness (QED) is 0.535. The summed E-state index contributed by atoms with van der Waals surface area (Å²) in [4.78, 5) is 0. The van der Waals surface area contributed by atoms with Gasteiger partial charge in [0.15, 0.2) is 0 Å². The highest BCUT2D eigenvalue weighted by Gasteiger charge is 2.05. The summed E-state index contributed by atoms with van der Waals surface area (Å²) in [5, 5.41) is 17.7. The van der Waals surface area contributed by atoms with Crippen LogP contribution in [0.25, 0.3) is 0 Å². The summed E-state index contributed by atoms with van der Waals surface area (Å²) in [6.07, 6.45) is 9.63. The SMILES string of the molecule is CCCCCCCCC(CO)CCO. The van der Waals surface area contributed by atoms with Crippen LogP contribution < -0.4 is 0 Å². The molecule has 0 aromatic heterocycles. The zero-order chi connectivity index (χ0) is 10.6. The van der Waals surface area contributed by atoms with Gasteiger partial charge < -0.3 is 10.2 Å². The van der Waals surface area contributed by atoms with Crippen molar-refractivity contribution in [2.45, 2.75) is 58.3 Å². The van der Waals surface area contributed by atoms with E-state index in [1.807, 2.05) is 0 Å². The Hall–Kier alpha value is -0.0800. The molecule has 0 bridgehead atoms. The molecule has 14 heavy (non-hydrogen) atoms. The zero-order valence-electron chi connectivity index (χ0n) is 9.54. The van der Waals surface area contributed by atoms with Crippen molar-refractivity contribution < 1.29 is 10.2 Å². The molecule has 0 saturated heterocycles. The molecule has 0 radical (unpaired) electrons. The van der Waals surface area contributed by atoms with E-state index < -0.39 is 0 Å². The van der Waals surface area contributed by atoms with Crippen molar-refractivity contribution in [2.75, 3.05) is 13.2 Å². The highest BCUT2D eigenvalue weighted by atomic mass is 16.3. The smallest absolute Gasteiger partial charge is 0.0460 e. The molecule has 0 aliphatic carbocycles. The minimum absolute atomic E-state index is 0.209. The van der Waals surface area contributed by atoms with Gasteiger partial charge in [-0.15, -0.1) is 0 Å². The largest absolute Gasteiger partial charge is 0.396 e. The summed E-state index contributed by atoms with van der Waals surface area (Å²) >= 11 is 0. The van der Waals surface area contributed by atoms with E-state index in [0.717, 1.165) is 12.8 Å². The van der Waals surface area contributed by atoms with Crippen LogP contribution in [0.2, 0.25) is 0 Å². The Labute approximate surface area is 88.3 Å². The molecule has 0 spiro atoms. The molecule has 1 unspecified atom stereocenters. The van der Waals surface area contributed by atoms with Gasteiger partial charge in [-0.1, -0.05) is 45.4 Å². The van der Waals surface area contributed by atoms with Gasteiger partial charge >= 0.3 is 0 Å². The van der Waals surface area contributed by atoms with E-state index in [-0.39, 0.29) is 13.2 Å². The van der Waals surface area contributed by atoms with Gasteiger partial charge in [-0.3, -0.25) is 0 Å². The molecule has 0 aromatic rings. The Balaban J connectivity index is 3.15. The summed E-state index contributed by atoms with van der Waals surface area (Å²) in [5.41, 5.74) is 0. The van der Waals surface area contributed by atoms with Gasteiger partial charge in [0.05, 0.1) is 0 Å². The Kier molecular flexibility index (Phi) is 10.9. The van der Waals surface area contributed by atoms with E-state index in [1.54, 1.807) is 0 Å². The number of hydrogen-bond acceptors (Lipinski definition) is 2. The third kappa shape index (κ3) is 8.52. The highest BCUT2D eigenvalue weighted by molar-refractivity contribution is 4.57.